The molecule has 2 aromatic rings. The topological polar surface area (TPSA) is 169 Å². The standard InChI is InChI=1S/C13H17N5O6/c1-2-3-17-6-9(15-12(14)16-10(6)22)18(13(17)23)11-8(21)7(20)5(4-19)24-11/h2,5,7-8,11,19-21H,1,3-4H2,(H3,14,15,16,22)/t5-,7-,8+,11-/m1/s1. The van der Waals surface area contributed by atoms with E-state index in [9.17, 15) is 24.9 Å². The Balaban J connectivity index is 2.29. The Morgan fingerprint density at radius 1 is 1.38 bits per heavy atom. The SMILES string of the molecule is C=CCn1c(=O)n([C@@H]2O[C@H](CO)[C@@H](O)[C@@H]2O)c2nc(N)[nH]c(=O)c21. The van der Waals surface area contributed by atoms with Crippen molar-refractivity contribution in [1.29, 1.82) is 0 Å². The molecular formula is C13H17N5O6. The van der Waals surface area contributed by atoms with E-state index in [2.05, 4.69) is 16.5 Å². The van der Waals surface area contributed by atoms with E-state index in [0.29, 0.717) is 0 Å². The maximum absolute atomic E-state index is 12.7. The van der Waals surface area contributed by atoms with Crippen LogP contribution in [-0.2, 0) is 11.3 Å². The van der Waals surface area contributed by atoms with Crippen molar-refractivity contribution in [1.82, 2.24) is 19.1 Å². The molecule has 0 spiro atoms. The molecule has 0 amide bonds. The molecule has 2 aromatic heterocycles. The number of rotatable bonds is 4. The first-order valence-electron chi connectivity index (χ1n) is 7.14. The largest absolute Gasteiger partial charge is 0.394 e. The molecular weight excluding hydrogens is 322 g/mol. The van der Waals surface area contributed by atoms with Crippen LogP contribution in [0.3, 0.4) is 0 Å². The summed E-state index contributed by atoms with van der Waals surface area (Å²) in [5.74, 6) is -0.219. The monoisotopic (exact) mass is 339 g/mol. The van der Waals surface area contributed by atoms with Crippen LogP contribution < -0.4 is 17.0 Å². The number of fused-ring (bicyclic) bond motifs is 1. The zero-order chi connectivity index (χ0) is 17.6. The third kappa shape index (κ3) is 2.26. The van der Waals surface area contributed by atoms with Crippen molar-refractivity contribution >= 4 is 17.1 Å². The fourth-order valence-electron chi connectivity index (χ4n) is 2.82. The number of allylic oxidation sites excluding steroid dienone is 1. The highest BCUT2D eigenvalue weighted by molar-refractivity contribution is 5.71. The third-order valence-corrected chi connectivity index (χ3v) is 3.91. The van der Waals surface area contributed by atoms with E-state index in [4.69, 9.17) is 10.5 Å². The van der Waals surface area contributed by atoms with Gasteiger partial charge < -0.3 is 25.8 Å². The number of nitrogens with one attached hydrogen (secondary N) is 1. The molecule has 3 rings (SSSR count). The number of nitrogens with two attached hydrogens (primary N) is 1. The number of hydrogen-bond acceptors (Lipinski definition) is 8. The number of anilines is 1. The minimum atomic E-state index is -1.50. The molecule has 4 atom stereocenters. The number of nitrogens with zero attached hydrogens (tertiary/aromatic N) is 3. The predicted octanol–water partition coefficient (Wildman–Crippen LogP) is -2.73. The van der Waals surface area contributed by atoms with Crippen molar-refractivity contribution in [2.45, 2.75) is 31.1 Å². The highest BCUT2D eigenvalue weighted by atomic mass is 16.6. The first-order valence-corrected chi connectivity index (χ1v) is 7.14. The number of aliphatic hydroxyl groups is 3. The van der Waals surface area contributed by atoms with Crippen molar-refractivity contribution in [2.75, 3.05) is 12.3 Å². The average molecular weight is 339 g/mol. The molecule has 0 radical (unpaired) electrons. The van der Waals surface area contributed by atoms with Gasteiger partial charge in [-0.3, -0.25) is 14.3 Å². The van der Waals surface area contributed by atoms with Crippen molar-refractivity contribution in [3.05, 3.63) is 33.5 Å². The van der Waals surface area contributed by atoms with Gasteiger partial charge in [0.1, 0.15) is 18.3 Å². The lowest BCUT2D eigenvalue weighted by Crippen LogP contribution is -2.36. The van der Waals surface area contributed by atoms with Crippen LogP contribution in [0, 0.1) is 0 Å². The Hall–Kier alpha value is -2.47. The molecule has 3 heterocycles. The molecule has 24 heavy (non-hydrogen) atoms. The van der Waals surface area contributed by atoms with Gasteiger partial charge in [-0.1, -0.05) is 6.08 Å². The van der Waals surface area contributed by atoms with Crippen LogP contribution >= 0.6 is 0 Å². The molecule has 1 aliphatic heterocycles. The van der Waals surface area contributed by atoms with E-state index in [1.54, 1.807) is 0 Å². The molecule has 0 bridgehead atoms. The smallest absolute Gasteiger partial charge is 0.333 e. The zero-order valence-electron chi connectivity index (χ0n) is 12.5. The summed E-state index contributed by atoms with van der Waals surface area (Å²) in [7, 11) is 0. The summed E-state index contributed by atoms with van der Waals surface area (Å²) in [6.45, 7) is 3.00. The van der Waals surface area contributed by atoms with Crippen LogP contribution in [-0.4, -0.2) is 59.3 Å². The Morgan fingerprint density at radius 3 is 2.67 bits per heavy atom. The van der Waals surface area contributed by atoms with Crippen LogP contribution in [0.5, 0.6) is 0 Å². The van der Waals surface area contributed by atoms with Crippen molar-refractivity contribution in [3.8, 4) is 0 Å². The van der Waals surface area contributed by atoms with Crippen LogP contribution in [0.25, 0.3) is 11.2 Å². The first-order chi connectivity index (χ1) is 11.4. The number of aromatic amines is 1. The Kier molecular flexibility index (Phi) is 4.01. The van der Waals surface area contributed by atoms with Gasteiger partial charge in [-0.25, -0.2) is 9.36 Å². The maximum Gasteiger partial charge on any atom is 0.333 e. The van der Waals surface area contributed by atoms with Gasteiger partial charge in [-0.2, -0.15) is 4.98 Å². The van der Waals surface area contributed by atoms with Gasteiger partial charge in [0.2, 0.25) is 5.95 Å². The van der Waals surface area contributed by atoms with E-state index >= 15 is 0 Å². The molecule has 0 aliphatic carbocycles. The molecule has 0 aromatic carbocycles. The van der Waals surface area contributed by atoms with Gasteiger partial charge in [-0.05, 0) is 0 Å². The van der Waals surface area contributed by atoms with Gasteiger partial charge in [0.25, 0.3) is 5.56 Å². The minimum Gasteiger partial charge on any atom is -0.394 e. The fraction of sp³-hybridized carbons (Fsp3) is 0.462. The summed E-state index contributed by atoms with van der Waals surface area (Å²) in [4.78, 5) is 31.1. The van der Waals surface area contributed by atoms with Gasteiger partial charge in [-0.15, -0.1) is 6.58 Å². The Labute approximate surface area is 134 Å². The van der Waals surface area contributed by atoms with Gasteiger partial charge in [0.15, 0.2) is 17.4 Å². The molecule has 1 saturated heterocycles. The second-order valence-electron chi connectivity index (χ2n) is 5.40. The summed E-state index contributed by atoms with van der Waals surface area (Å²) >= 11 is 0. The maximum atomic E-state index is 12.7. The van der Waals surface area contributed by atoms with Gasteiger partial charge >= 0.3 is 5.69 Å². The van der Waals surface area contributed by atoms with Crippen LogP contribution in [0.1, 0.15) is 6.23 Å². The quantitative estimate of drug-likeness (QED) is 0.374. The van der Waals surface area contributed by atoms with E-state index in [-0.39, 0.29) is 23.7 Å². The van der Waals surface area contributed by atoms with Crippen LogP contribution in [0.15, 0.2) is 22.2 Å². The number of aliphatic hydroxyl groups excluding tert-OH is 3. The van der Waals surface area contributed by atoms with Crippen LogP contribution in [0.2, 0.25) is 0 Å². The number of imidazole rings is 1. The summed E-state index contributed by atoms with van der Waals surface area (Å²) < 4.78 is 7.40. The van der Waals surface area contributed by atoms with E-state index in [1.165, 1.54) is 6.08 Å². The highest BCUT2D eigenvalue weighted by Crippen LogP contribution is 2.30. The number of nitrogen functional groups attached to an aromatic ring is 1. The van der Waals surface area contributed by atoms with Gasteiger partial charge in [0.05, 0.1) is 6.61 Å². The lowest BCUT2D eigenvalue weighted by Gasteiger charge is -2.15. The molecule has 0 unspecified atom stereocenters. The first kappa shape index (κ1) is 16.4. The summed E-state index contributed by atoms with van der Waals surface area (Å²) in [5.41, 5.74) is 4.05. The predicted molar refractivity (Wildman–Crippen MR) is 82.2 cm³/mol. The molecule has 6 N–H and O–H groups in total. The second-order valence-corrected chi connectivity index (χ2v) is 5.40. The molecule has 11 nitrogen and oxygen atoms in total. The van der Waals surface area contributed by atoms with E-state index in [0.717, 1.165) is 9.13 Å². The normalized spacial score (nSPS) is 27.0. The number of hydrogen-bond donors (Lipinski definition) is 5. The van der Waals surface area contributed by atoms with Gasteiger partial charge in [0, 0.05) is 6.54 Å². The Morgan fingerprint density at radius 2 is 2.08 bits per heavy atom. The summed E-state index contributed by atoms with van der Waals surface area (Å²) in [6, 6.07) is 0. The number of H-pyrrole nitrogens is 1. The second kappa shape index (κ2) is 5.87. The number of ether oxygens (including phenoxy) is 1. The summed E-state index contributed by atoms with van der Waals surface area (Å²) in [5, 5.41) is 29.2. The molecule has 1 fully saturated rings. The lowest BCUT2D eigenvalue weighted by atomic mass is 10.1. The Bertz CT molecular complexity index is 899. The average Bonchev–Trinajstić information content (AvgIpc) is 2.96. The highest BCUT2D eigenvalue weighted by Gasteiger charge is 2.45. The van der Waals surface area contributed by atoms with Crippen molar-refractivity contribution in [3.63, 3.8) is 0 Å². The van der Waals surface area contributed by atoms with E-state index < -0.39 is 42.4 Å². The van der Waals surface area contributed by atoms with Crippen LogP contribution in [0.4, 0.5) is 5.95 Å². The summed E-state index contributed by atoms with van der Waals surface area (Å²) in [6.07, 6.45) is -3.88. The lowest BCUT2D eigenvalue weighted by molar-refractivity contribution is -0.0527. The molecule has 0 saturated carbocycles. The molecule has 130 valence electrons. The van der Waals surface area contributed by atoms with E-state index in [1.807, 2.05) is 0 Å². The third-order valence-electron chi connectivity index (χ3n) is 3.91. The number of aromatic nitrogens is 4. The molecule has 1 aliphatic rings. The van der Waals surface area contributed by atoms with Crippen molar-refractivity contribution in [2.24, 2.45) is 0 Å². The minimum absolute atomic E-state index is 0.0197. The molecule has 11 heteroatoms. The zero-order valence-corrected chi connectivity index (χ0v) is 12.5. The van der Waals surface area contributed by atoms with Crippen molar-refractivity contribution < 1.29 is 20.1 Å². The fourth-order valence-corrected chi connectivity index (χ4v) is 2.82.